The van der Waals surface area contributed by atoms with E-state index in [0.717, 1.165) is 5.56 Å². The zero-order valence-corrected chi connectivity index (χ0v) is 8.86. The van der Waals surface area contributed by atoms with Crippen LogP contribution < -0.4 is 0 Å². The molecule has 7 heteroatoms. The molecule has 2 aromatic rings. The largest absolute Gasteiger partial charge is 0.295 e. The Bertz CT molecular complexity index is 626. The summed E-state index contributed by atoms with van der Waals surface area (Å²) in [6.07, 6.45) is 1.27. The van der Waals surface area contributed by atoms with Crippen LogP contribution in [0.25, 0.3) is 5.69 Å². The Morgan fingerprint density at radius 2 is 2.29 bits per heavy atom. The zero-order chi connectivity index (χ0) is 12.4. The van der Waals surface area contributed by atoms with E-state index in [1.54, 1.807) is 25.1 Å². The minimum atomic E-state index is -0.490. The van der Waals surface area contributed by atoms with Crippen LogP contribution in [-0.4, -0.2) is 19.7 Å². The van der Waals surface area contributed by atoms with Crippen LogP contribution in [0.4, 0.5) is 5.69 Å². The molecular formula is C10H7N5O2. The Kier molecular flexibility index (Phi) is 2.54. The highest BCUT2D eigenvalue weighted by molar-refractivity contribution is 5.53. The number of nitro groups is 1. The molecule has 0 N–H and O–H groups in total. The van der Waals surface area contributed by atoms with Crippen molar-refractivity contribution in [3.8, 4) is 11.8 Å². The third kappa shape index (κ3) is 1.96. The average molecular weight is 229 g/mol. The van der Waals surface area contributed by atoms with Gasteiger partial charge in [-0.2, -0.15) is 5.26 Å². The molecule has 0 fully saturated rings. The average Bonchev–Trinajstić information content (AvgIpc) is 2.77. The van der Waals surface area contributed by atoms with E-state index in [4.69, 9.17) is 5.26 Å². The lowest BCUT2D eigenvalue weighted by Crippen LogP contribution is -2.01. The van der Waals surface area contributed by atoms with E-state index >= 15 is 0 Å². The normalized spacial score (nSPS) is 9.88. The number of hydrogen-bond donors (Lipinski definition) is 0. The minimum absolute atomic E-state index is 0.0279. The van der Waals surface area contributed by atoms with E-state index in [-0.39, 0.29) is 17.2 Å². The fourth-order valence-electron chi connectivity index (χ4n) is 1.40. The van der Waals surface area contributed by atoms with Crippen LogP contribution in [0.3, 0.4) is 0 Å². The van der Waals surface area contributed by atoms with Gasteiger partial charge in [0.15, 0.2) is 0 Å². The molecule has 84 valence electrons. The Hall–Kier alpha value is -2.75. The van der Waals surface area contributed by atoms with E-state index < -0.39 is 4.92 Å². The van der Waals surface area contributed by atoms with E-state index in [1.807, 2.05) is 0 Å². The third-order valence-corrected chi connectivity index (χ3v) is 2.17. The number of aryl methyl sites for hydroxylation is 1. The summed E-state index contributed by atoms with van der Waals surface area (Å²) in [6, 6.07) is 6.52. The van der Waals surface area contributed by atoms with Gasteiger partial charge in [-0.25, -0.2) is 9.67 Å². The van der Waals surface area contributed by atoms with Crippen molar-refractivity contribution in [2.24, 2.45) is 0 Å². The summed E-state index contributed by atoms with van der Waals surface area (Å²) in [4.78, 5) is 14.1. The quantitative estimate of drug-likeness (QED) is 0.571. The van der Waals surface area contributed by atoms with Crippen molar-refractivity contribution in [2.45, 2.75) is 6.92 Å². The van der Waals surface area contributed by atoms with Crippen molar-refractivity contribution < 1.29 is 4.92 Å². The van der Waals surface area contributed by atoms with Crippen molar-refractivity contribution in [2.75, 3.05) is 0 Å². The maximum Gasteiger partial charge on any atom is 0.295 e. The number of hydrogen-bond acceptors (Lipinski definition) is 5. The first kappa shape index (κ1) is 10.8. The van der Waals surface area contributed by atoms with E-state index in [1.165, 1.54) is 17.1 Å². The Morgan fingerprint density at radius 3 is 2.88 bits per heavy atom. The molecule has 0 aliphatic carbocycles. The fraction of sp³-hybridized carbons (Fsp3) is 0.100. The predicted molar refractivity (Wildman–Crippen MR) is 57.5 cm³/mol. The first-order chi connectivity index (χ1) is 8.11. The van der Waals surface area contributed by atoms with E-state index in [9.17, 15) is 10.1 Å². The van der Waals surface area contributed by atoms with Gasteiger partial charge in [-0.15, -0.1) is 5.10 Å². The lowest BCUT2D eigenvalue weighted by Gasteiger charge is -2.02. The molecule has 0 radical (unpaired) electrons. The predicted octanol–water partition coefficient (Wildman–Crippen LogP) is 1.36. The highest BCUT2D eigenvalue weighted by Gasteiger charge is 2.16. The molecule has 1 aromatic heterocycles. The summed E-state index contributed by atoms with van der Waals surface area (Å²) < 4.78 is 1.22. The number of aromatic nitrogens is 3. The summed E-state index contributed by atoms with van der Waals surface area (Å²) in [5, 5.41) is 23.3. The lowest BCUT2D eigenvalue weighted by atomic mass is 10.2. The topological polar surface area (TPSA) is 97.6 Å². The van der Waals surface area contributed by atoms with Crippen LogP contribution in [0.15, 0.2) is 24.5 Å². The van der Waals surface area contributed by atoms with Gasteiger partial charge in [0.2, 0.25) is 0 Å². The third-order valence-electron chi connectivity index (χ3n) is 2.17. The van der Waals surface area contributed by atoms with E-state index in [0.29, 0.717) is 0 Å². The van der Waals surface area contributed by atoms with Crippen molar-refractivity contribution in [1.29, 1.82) is 5.26 Å². The molecule has 1 heterocycles. The van der Waals surface area contributed by atoms with Crippen LogP contribution in [0.2, 0.25) is 0 Å². The summed E-state index contributed by atoms with van der Waals surface area (Å²) in [6.45, 7) is 1.76. The Morgan fingerprint density at radius 1 is 1.53 bits per heavy atom. The lowest BCUT2D eigenvalue weighted by molar-refractivity contribution is -0.384. The Balaban J connectivity index is 2.59. The standard InChI is InChI=1S/C10H7N5O2/c1-7-2-3-8(9(4-7)15(16)17)14-6-12-10(5-11)13-14/h2-4,6H,1H3. The molecular weight excluding hydrogens is 222 g/mol. The molecule has 2 rings (SSSR count). The summed E-state index contributed by atoms with van der Waals surface area (Å²) in [5.74, 6) is -0.0279. The first-order valence-corrected chi connectivity index (χ1v) is 4.69. The van der Waals surface area contributed by atoms with Gasteiger partial charge in [-0.05, 0) is 18.6 Å². The summed E-state index contributed by atoms with van der Waals surface area (Å²) in [5.41, 5.74) is 0.995. The minimum Gasteiger partial charge on any atom is -0.258 e. The molecule has 0 aliphatic heterocycles. The van der Waals surface area contributed by atoms with Gasteiger partial charge in [0.1, 0.15) is 18.1 Å². The molecule has 17 heavy (non-hydrogen) atoms. The highest BCUT2D eigenvalue weighted by Crippen LogP contribution is 2.23. The van der Waals surface area contributed by atoms with Gasteiger partial charge < -0.3 is 0 Å². The van der Waals surface area contributed by atoms with Gasteiger partial charge in [0, 0.05) is 6.07 Å². The van der Waals surface area contributed by atoms with Crippen LogP contribution >= 0.6 is 0 Å². The smallest absolute Gasteiger partial charge is 0.258 e. The summed E-state index contributed by atoms with van der Waals surface area (Å²) in [7, 11) is 0. The zero-order valence-electron chi connectivity index (χ0n) is 8.86. The molecule has 0 unspecified atom stereocenters. The second-order valence-electron chi connectivity index (χ2n) is 3.37. The first-order valence-electron chi connectivity index (χ1n) is 4.69. The second kappa shape index (κ2) is 4.02. The Labute approximate surface area is 96.1 Å². The molecule has 0 atom stereocenters. The molecule has 0 saturated heterocycles. The van der Waals surface area contributed by atoms with Crippen molar-refractivity contribution in [1.82, 2.24) is 14.8 Å². The number of rotatable bonds is 2. The van der Waals surface area contributed by atoms with Crippen LogP contribution in [0, 0.1) is 28.4 Å². The van der Waals surface area contributed by atoms with E-state index in [2.05, 4.69) is 10.1 Å². The maximum atomic E-state index is 10.9. The molecule has 0 spiro atoms. The van der Waals surface area contributed by atoms with Gasteiger partial charge in [0.25, 0.3) is 11.5 Å². The molecule has 0 bridgehead atoms. The molecule has 7 nitrogen and oxygen atoms in total. The van der Waals surface area contributed by atoms with Crippen molar-refractivity contribution >= 4 is 5.69 Å². The summed E-state index contributed by atoms with van der Waals surface area (Å²) >= 11 is 0. The van der Waals surface area contributed by atoms with Gasteiger partial charge in [0.05, 0.1) is 4.92 Å². The van der Waals surface area contributed by atoms with Crippen LogP contribution in [0.5, 0.6) is 0 Å². The molecule has 0 saturated carbocycles. The molecule has 1 aromatic carbocycles. The van der Waals surface area contributed by atoms with Crippen LogP contribution in [-0.2, 0) is 0 Å². The van der Waals surface area contributed by atoms with Crippen LogP contribution in [0.1, 0.15) is 11.4 Å². The molecule has 0 aliphatic rings. The highest BCUT2D eigenvalue weighted by atomic mass is 16.6. The molecule has 0 amide bonds. The van der Waals surface area contributed by atoms with Gasteiger partial charge in [-0.3, -0.25) is 10.1 Å². The van der Waals surface area contributed by atoms with Crippen molar-refractivity contribution in [3.63, 3.8) is 0 Å². The SMILES string of the molecule is Cc1ccc(-n2cnc(C#N)n2)c([N+](=O)[O-])c1. The number of benzene rings is 1. The van der Waals surface area contributed by atoms with Gasteiger partial charge in [-0.1, -0.05) is 6.07 Å². The number of nitrogens with zero attached hydrogens (tertiary/aromatic N) is 5. The monoisotopic (exact) mass is 229 g/mol. The second-order valence-corrected chi connectivity index (χ2v) is 3.37. The number of nitriles is 1. The fourth-order valence-corrected chi connectivity index (χ4v) is 1.40. The maximum absolute atomic E-state index is 10.9. The van der Waals surface area contributed by atoms with Crippen molar-refractivity contribution in [3.05, 3.63) is 46.0 Å². The van der Waals surface area contributed by atoms with Gasteiger partial charge >= 0.3 is 0 Å². The number of nitro benzene ring substituents is 1.